The zero-order chi connectivity index (χ0) is 12.0. The SMILES string of the molecule is Cc1ccccc1C=NC(C#N)=C(N)C#N. The molecule has 2 N–H and O–H groups in total. The summed E-state index contributed by atoms with van der Waals surface area (Å²) in [5.74, 6) is 0. The Morgan fingerprint density at radius 1 is 1.31 bits per heavy atom. The third kappa shape index (κ3) is 2.70. The Labute approximate surface area is 94.0 Å². The summed E-state index contributed by atoms with van der Waals surface area (Å²) >= 11 is 0. The van der Waals surface area contributed by atoms with Crippen LogP contribution in [-0.2, 0) is 0 Å². The smallest absolute Gasteiger partial charge is 0.174 e. The molecule has 0 amide bonds. The number of allylic oxidation sites excluding steroid dienone is 2. The topological polar surface area (TPSA) is 86.0 Å². The number of aliphatic imine (C=N–C) groups is 1. The van der Waals surface area contributed by atoms with Crippen LogP contribution < -0.4 is 5.73 Å². The van der Waals surface area contributed by atoms with Crippen molar-refractivity contribution in [3.63, 3.8) is 0 Å². The number of nitrogens with zero attached hydrogens (tertiary/aromatic N) is 3. The van der Waals surface area contributed by atoms with Gasteiger partial charge in [-0.25, -0.2) is 4.99 Å². The maximum Gasteiger partial charge on any atom is 0.174 e. The van der Waals surface area contributed by atoms with Crippen molar-refractivity contribution in [2.45, 2.75) is 6.92 Å². The van der Waals surface area contributed by atoms with E-state index < -0.39 is 0 Å². The molecule has 1 aromatic carbocycles. The van der Waals surface area contributed by atoms with Crippen LogP contribution in [0, 0.1) is 29.6 Å². The van der Waals surface area contributed by atoms with Gasteiger partial charge in [-0.2, -0.15) is 10.5 Å². The number of nitrogens with two attached hydrogens (primary N) is 1. The van der Waals surface area contributed by atoms with E-state index in [1.54, 1.807) is 12.1 Å². The van der Waals surface area contributed by atoms with Gasteiger partial charge >= 0.3 is 0 Å². The zero-order valence-corrected chi connectivity index (χ0v) is 8.81. The molecule has 0 saturated heterocycles. The first-order valence-electron chi connectivity index (χ1n) is 4.58. The van der Waals surface area contributed by atoms with Gasteiger partial charge in [0.05, 0.1) is 0 Å². The summed E-state index contributed by atoms with van der Waals surface area (Å²) in [6.07, 6.45) is 1.53. The molecule has 0 unspecified atom stereocenters. The van der Waals surface area contributed by atoms with Gasteiger partial charge in [0.15, 0.2) is 5.70 Å². The first kappa shape index (κ1) is 11.5. The van der Waals surface area contributed by atoms with E-state index in [0.717, 1.165) is 11.1 Å². The molecule has 0 saturated carbocycles. The Hall–Kier alpha value is -2.59. The maximum absolute atomic E-state index is 8.72. The standard InChI is InChI=1S/C12H10N4/c1-9-4-2-3-5-10(9)8-16-12(7-14)11(15)6-13/h2-5,8H,15H2,1H3. The monoisotopic (exact) mass is 210 g/mol. The minimum Gasteiger partial charge on any atom is -0.388 e. The van der Waals surface area contributed by atoms with Crippen LogP contribution in [0.4, 0.5) is 0 Å². The highest BCUT2D eigenvalue weighted by Crippen LogP contribution is 2.05. The summed E-state index contributed by atoms with van der Waals surface area (Å²) in [6, 6.07) is 11.1. The molecule has 16 heavy (non-hydrogen) atoms. The highest BCUT2D eigenvalue weighted by atomic mass is 14.8. The third-order valence-corrected chi connectivity index (χ3v) is 2.00. The van der Waals surface area contributed by atoms with Crippen LogP contribution in [-0.4, -0.2) is 6.21 Å². The second-order valence-electron chi connectivity index (χ2n) is 3.10. The van der Waals surface area contributed by atoms with E-state index >= 15 is 0 Å². The number of hydrogen-bond acceptors (Lipinski definition) is 4. The molecule has 4 heteroatoms. The normalized spacial score (nSPS) is 11.7. The fourth-order valence-electron chi connectivity index (χ4n) is 1.08. The van der Waals surface area contributed by atoms with Gasteiger partial charge in [0.25, 0.3) is 0 Å². The third-order valence-electron chi connectivity index (χ3n) is 2.00. The van der Waals surface area contributed by atoms with Crippen molar-refractivity contribution < 1.29 is 0 Å². The second kappa shape index (κ2) is 5.33. The molecule has 0 aliphatic rings. The van der Waals surface area contributed by atoms with Gasteiger partial charge in [-0.3, -0.25) is 0 Å². The number of hydrogen-bond donors (Lipinski definition) is 1. The largest absolute Gasteiger partial charge is 0.388 e. The van der Waals surface area contributed by atoms with E-state index in [9.17, 15) is 0 Å². The lowest BCUT2D eigenvalue weighted by Gasteiger charge is -1.97. The van der Waals surface area contributed by atoms with Gasteiger partial charge in [0.1, 0.15) is 17.8 Å². The molecule has 0 spiro atoms. The van der Waals surface area contributed by atoms with Gasteiger partial charge < -0.3 is 5.73 Å². The quantitative estimate of drug-likeness (QED) is 0.594. The lowest BCUT2D eigenvalue weighted by Crippen LogP contribution is -1.97. The molecule has 0 aliphatic carbocycles. The van der Waals surface area contributed by atoms with E-state index in [1.165, 1.54) is 6.21 Å². The molecule has 1 rings (SSSR count). The van der Waals surface area contributed by atoms with Crippen molar-refractivity contribution in [2.75, 3.05) is 0 Å². The molecular weight excluding hydrogens is 200 g/mol. The summed E-state index contributed by atoms with van der Waals surface area (Å²) in [5.41, 5.74) is 7.00. The predicted molar refractivity (Wildman–Crippen MR) is 61.2 cm³/mol. The van der Waals surface area contributed by atoms with Crippen LogP contribution in [0.3, 0.4) is 0 Å². The first-order valence-corrected chi connectivity index (χ1v) is 4.58. The van der Waals surface area contributed by atoms with Gasteiger partial charge in [0, 0.05) is 6.21 Å². The van der Waals surface area contributed by atoms with Crippen molar-refractivity contribution >= 4 is 6.21 Å². The Kier molecular flexibility index (Phi) is 3.83. The van der Waals surface area contributed by atoms with Crippen molar-refractivity contribution in [2.24, 2.45) is 10.7 Å². The Balaban J connectivity index is 3.04. The van der Waals surface area contributed by atoms with E-state index in [4.69, 9.17) is 16.3 Å². The van der Waals surface area contributed by atoms with E-state index in [0.29, 0.717) is 0 Å². The number of aryl methyl sites for hydroxylation is 1. The molecule has 0 fully saturated rings. The lowest BCUT2D eigenvalue weighted by atomic mass is 10.1. The van der Waals surface area contributed by atoms with Crippen molar-refractivity contribution in [3.05, 3.63) is 46.8 Å². The minimum absolute atomic E-state index is 0.0641. The van der Waals surface area contributed by atoms with E-state index in [-0.39, 0.29) is 11.4 Å². The summed E-state index contributed by atoms with van der Waals surface area (Å²) in [6.45, 7) is 1.94. The summed E-state index contributed by atoms with van der Waals surface area (Å²) in [5, 5.41) is 17.3. The van der Waals surface area contributed by atoms with Crippen LogP contribution >= 0.6 is 0 Å². The molecule has 1 aromatic rings. The number of nitriles is 2. The molecule has 0 heterocycles. The van der Waals surface area contributed by atoms with Crippen molar-refractivity contribution in [1.82, 2.24) is 0 Å². The van der Waals surface area contributed by atoms with E-state index in [2.05, 4.69) is 4.99 Å². The highest BCUT2D eigenvalue weighted by molar-refractivity contribution is 5.82. The van der Waals surface area contributed by atoms with E-state index in [1.807, 2.05) is 31.2 Å². The number of rotatable bonds is 2. The van der Waals surface area contributed by atoms with Crippen LogP contribution in [0.1, 0.15) is 11.1 Å². The Morgan fingerprint density at radius 2 is 2.00 bits per heavy atom. The van der Waals surface area contributed by atoms with Gasteiger partial charge in [-0.05, 0) is 18.1 Å². The Bertz CT molecular complexity index is 527. The molecular formula is C12H10N4. The maximum atomic E-state index is 8.72. The molecule has 0 aliphatic heterocycles. The van der Waals surface area contributed by atoms with Crippen LogP contribution in [0.2, 0.25) is 0 Å². The molecule has 0 aromatic heterocycles. The second-order valence-corrected chi connectivity index (χ2v) is 3.10. The average Bonchev–Trinajstić information content (AvgIpc) is 2.31. The molecule has 0 atom stereocenters. The zero-order valence-electron chi connectivity index (χ0n) is 8.81. The lowest BCUT2D eigenvalue weighted by molar-refractivity contribution is 1.27. The fourth-order valence-corrected chi connectivity index (χ4v) is 1.08. The van der Waals surface area contributed by atoms with Gasteiger partial charge in [0.2, 0.25) is 0 Å². The summed E-state index contributed by atoms with van der Waals surface area (Å²) in [4.78, 5) is 3.89. The van der Waals surface area contributed by atoms with Crippen LogP contribution in [0.25, 0.3) is 0 Å². The van der Waals surface area contributed by atoms with Crippen LogP contribution in [0.5, 0.6) is 0 Å². The molecule has 0 bridgehead atoms. The van der Waals surface area contributed by atoms with Crippen molar-refractivity contribution in [3.8, 4) is 12.1 Å². The molecule has 4 nitrogen and oxygen atoms in total. The van der Waals surface area contributed by atoms with Crippen molar-refractivity contribution in [1.29, 1.82) is 10.5 Å². The average molecular weight is 210 g/mol. The summed E-state index contributed by atoms with van der Waals surface area (Å²) < 4.78 is 0. The molecule has 78 valence electrons. The summed E-state index contributed by atoms with van der Waals surface area (Å²) in [7, 11) is 0. The highest BCUT2D eigenvalue weighted by Gasteiger charge is 1.99. The van der Waals surface area contributed by atoms with Crippen LogP contribution in [0.15, 0.2) is 40.7 Å². The Morgan fingerprint density at radius 3 is 2.56 bits per heavy atom. The van der Waals surface area contributed by atoms with Gasteiger partial charge in [-0.15, -0.1) is 0 Å². The number of benzene rings is 1. The first-order chi connectivity index (χ1) is 7.69. The molecule has 0 radical (unpaired) electrons. The minimum atomic E-state index is -0.174. The van der Waals surface area contributed by atoms with Gasteiger partial charge in [-0.1, -0.05) is 24.3 Å². The predicted octanol–water partition coefficient (Wildman–Crippen LogP) is 1.63. The fraction of sp³-hybridized carbons (Fsp3) is 0.0833.